The van der Waals surface area contributed by atoms with Gasteiger partial charge in [0.2, 0.25) is 0 Å². The molecule has 3 unspecified atom stereocenters. The molecule has 7 heteroatoms. The number of ether oxygens (including phenoxy) is 1. The molecule has 2 saturated heterocycles. The van der Waals surface area contributed by atoms with Crippen molar-refractivity contribution in [1.29, 1.82) is 0 Å². The van der Waals surface area contributed by atoms with E-state index in [0.29, 0.717) is 13.1 Å². The number of hydrogen-bond acceptors (Lipinski definition) is 3. The van der Waals surface area contributed by atoms with E-state index in [4.69, 9.17) is 4.74 Å². The van der Waals surface area contributed by atoms with Gasteiger partial charge >= 0.3 is 6.18 Å². The zero-order valence-electron chi connectivity index (χ0n) is 20.0. The molecule has 2 aliphatic heterocycles. The molecule has 0 saturated carbocycles. The van der Waals surface area contributed by atoms with Crippen molar-refractivity contribution in [3.05, 3.63) is 42.2 Å². The molecule has 0 N–H and O–H groups in total. The number of hydrogen-bond donors (Lipinski definition) is 0. The van der Waals surface area contributed by atoms with Gasteiger partial charge in [0.25, 0.3) is 0 Å². The number of alkyl halides is 3. The van der Waals surface area contributed by atoms with E-state index >= 15 is 0 Å². The van der Waals surface area contributed by atoms with Crippen LogP contribution >= 0.6 is 0 Å². The number of nitrogens with zero attached hydrogens (tertiary/aromatic N) is 2. The molecule has 1 aromatic carbocycles. The summed E-state index contributed by atoms with van der Waals surface area (Å²) in [5, 5.41) is 0. The molecule has 2 fully saturated rings. The van der Waals surface area contributed by atoms with Crippen LogP contribution in [0.4, 0.5) is 23.2 Å². The summed E-state index contributed by atoms with van der Waals surface area (Å²) in [5.74, 6) is -0.943. The number of fused-ring (bicyclic) bond motifs is 1. The molecule has 0 bridgehead atoms. The Kier molecular flexibility index (Phi) is 6.76. The zero-order valence-corrected chi connectivity index (χ0v) is 20.0. The second-order valence-corrected chi connectivity index (χ2v) is 10.1. The molecule has 0 aromatic heterocycles. The SMILES string of the molecule is C=CC1[C@@H](OC(C)C(C)(C)C)C2N(c3c(F)cccc3C(F)(F)F)CCN2C1(CC)CC. The molecule has 2 aliphatic rings. The molecule has 3 rings (SSSR count). The molecule has 0 aliphatic carbocycles. The van der Waals surface area contributed by atoms with Crippen molar-refractivity contribution >= 4 is 5.69 Å². The quantitative estimate of drug-likeness (QED) is 0.360. The third kappa shape index (κ3) is 3.96. The average Bonchev–Trinajstić information content (AvgIpc) is 3.23. The van der Waals surface area contributed by atoms with Crippen molar-refractivity contribution in [2.24, 2.45) is 11.3 Å². The highest BCUT2D eigenvalue weighted by Crippen LogP contribution is 2.52. The molecule has 180 valence electrons. The molecule has 4 atom stereocenters. The van der Waals surface area contributed by atoms with Gasteiger partial charge < -0.3 is 9.64 Å². The van der Waals surface area contributed by atoms with Crippen LogP contribution in [0.1, 0.15) is 59.9 Å². The summed E-state index contributed by atoms with van der Waals surface area (Å²) in [7, 11) is 0. The summed E-state index contributed by atoms with van der Waals surface area (Å²) in [6, 6.07) is 3.18. The van der Waals surface area contributed by atoms with Crippen LogP contribution in [0.3, 0.4) is 0 Å². The Morgan fingerprint density at radius 1 is 1.19 bits per heavy atom. The number of para-hydroxylation sites is 1. The number of benzene rings is 1. The fraction of sp³-hybridized carbons (Fsp3) is 0.680. The van der Waals surface area contributed by atoms with Crippen LogP contribution in [0, 0.1) is 17.2 Å². The monoisotopic (exact) mass is 456 g/mol. The molecule has 2 heterocycles. The minimum absolute atomic E-state index is 0.0868. The van der Waals surface area contributed by atoms with E-state index in [1.54, 1.807) is 4.90 Å². The highest BCUT2D eigenvalue weighted by atomic mass is 19.4. The fourth-order valence-corrected chi connectivity index (χ4v) is 5.53. The third-order valence-electron chi connectivity index (χ3n) is 7.70. The maximum atomic E-state index is 15.0. The maximum Gasteiger partial charge on any atom is 0.418 e. The van der Waals surface area contributed by atoms with Gasteiger partial charge in [-0.3, -0.25) is 4.90 Å². The predicted molar refractivity (Wildman–Crippen MR) is 120 cm³/mol. The van der Waals surface area contributed by atoms with Gasteiger partial charge in [-0.1, -0.05) is 46.8 Å². The Bertz CT molecular complexity index is 828. The van der Waals surface area contributed by atoms with E-state index in [-0.39, 0.29) is 28.7 Å². The minimum atomic E-state index is -4.65. The maximum absolute atomic E-state index is 15.0. The Morgan fingerprint density at radius 2 is 1.81 bits per heavy atom. The number of rotatable bonds is 6. The largest absolute Gasteiger partial charge is 0.418 e. The van der Waals surface area contributed by atoms with Gasteiger partial charge in [-0.15, -0.1) is 6.58 Å². The van der Waals surface area contributed by atoms with Crippen molar-refractivity contribution < 1.29 is 22.3 Å². The van der Waals surface area contributed by atoms with E-state index in [9.17, 15) is 17.6 Å². The Morgan fingerprint density at radius 3 is 2.31 bits per heavy atom. The lowest BCUT2D eigenvalue weighted by atomic mass is 9.78. The van der Waals surface area contributed by atoms with Gasteiger partial charge in [0.1, 0.15) is 12.0 Å². The van der Waals surface area contributed by atoms with Gasteiger partial charge in [-0.05, 0) is 37.3 Å². The Labute approximate surface area is 189 Å². The van der Waals surface area contributed by atoms with E-state index in [1.165, 1.54) is 0 Å². The highest BCUT2D eigenvalue weighted by Gasteiger charge is 2.61. The topological polar surface area (TPSA) is 15.7 Å². The normalized spacial score (nSPS) is 26.9. The van der Waals surface area contributed by atoms with E-state index in [1.807, 2.05) is 13.0 Å². The van der Waals surface area contributed by atoms with Gasteiger partial charge in [-0.2, -0.15) is 13.2 Å². The molecular formula is C25H36F4N2O. The number of anilines is 1. The lowest BCUT2D eigenvalue weighted by Gasteiger charge is -2.40. The van der Waals surface area contributed by atoms with Crippen molar-refractivity contribution in [2.45, 2.75) is 84.5 Å². The Balaban J connectivity index is 2.16. The van der Waals surface area contributed by atoms with Crippen molar-refractivity contribution in [1.82, 2.24) is 4.90 Å². The minimum Gasteiger partial charge on any atom is -0.370 e. The summed E-state index contributed by atoms with van der Waals surface area (Å²) in [6.07, 6.45) is -2.23. The van der Waals surface area contributed by atoms with Crippen LogP contribution in [-0.2, 0) is 10.9 Å². The molecule has 32 heavy (non-hydrogen) atoms. The first-order valence-corrected chi connectivity index (χ1v) is 11.5. The second-order valence-electron chi connectivity index (χ2n) is 10.1. The standard InChI is InChI=1S/C25H36F4N2O/c1-8-17-21(32-16(4)23(5,6)7)22-30(14-15-31(22)24(17,9-2)10-3)20-18(25(27,28)29)12-11-13-19(20)26/h8,11-13,16-17,21-22H,1,9-10,14-15H2,2-7H3/t16?,17?,21-,22?/m1/s1. The predicted octanol–water partition coefficient (Wildman–Crippen LogP) is 6.49. The highest BCUT2D eigenvalue weighted by molar-refractivity contribution is 5.58. The van der Waals surface area contributed by atoms with Crippen LogP contribution in [0.25, 0.3) is 0 Å². The summed E-state index contributed by atoms with van der Waals surface area (Å²) in [4.78, 5) is 3.83. The zero-order chi connectivity index (χ0) is 24.1. The first-order valence-electron chi connectivity index (χ1n) is 11.5. The molecule has 0 spiro atoms. The summed E-state index contributed by atoms with van der Waals surface area (Å²) < 4.78 is 63.2. The Hall–Kier alpha value is -1.60. The average molecular weight is 457 g/mol. The number of halogens is 4. The summed E-state index contributed by atoms with van der Waals surface area (Å²) in [6.45, 7) is 17.3. The van der Waals surface area contributed by atoms with E-state index < -0.39 is 29.8 Å². The van der Waals surface area contributed by atoms with Gasteiger partial charge in [0.15, 0.2) is 0 Å². The van der Waals surface area contributed by atoms with Gasteiger partial charge in [0.05, 0.1) is 23.5 Å². The van der Waals surface area contributed by atoms with Crippen molar-refractivity contribution in [3.63, 3.8) is 0 Å². The fourth-order valence-electron chi connectivity index (χ4n) is 5.53. The van der Waals surface area contributed by atoms with Crippen LogP contribution in [-0.4, -0.2) is 41.9 Å². The van der Waals surface area contributed by atoms with Gasteiger partial charge in [-0.25, -0.2) is 4.39 Å². The molecular weight excluding hydrogens is 420 g/mol. The van der Waals surface area contributed by atoms with E-state index in [2.05, 4.69) is 46.1 Å². The summed E-state index contributed by atoms with van der Waals surface area (Å²) >= 11 is 0. The van der Waals surface area contributed by atoms with Crippen LogP contribution in [0.2, 0.25) is 0 Å². The first-order chi connectivity index (χ1) is 14.8. The molecule has 0 radical (unpaired) electrons. The van der Waals surface area contributed by atoms with Crippen LogP contribution in [0.15, 0.2) is 30.9 Å². The van der Waals surface area contributed by atoms with Crippen molar-refractivity contribution in [2.75, 3.05) is 18.0 Å². The smallest absolute Gasteiger partial charge is 0.370 e. The van der Waals surface area contributed by atoms with Crippen LogP contribution < -0.4 is 4.90 Å². The van der Waals surface area contributed by atoms with Crippen molar-refractivity contribution in [3.8, 4) is 0 Å². The lowest BCUT2D eigenvalue weighted by Crippen LogP contribution is -2.49. The van der Waals surface area contributed by atoms with Gasteiger partial charge in [0, 0.05) is 24.5 Å². The lowest BCUT2D eigenvalue weighted by molar-refractivity contribution is -0.137. The summed E-state index contributed by atoms with van der Waals surface area (Å²) in [5.41, 5.74) is -1.77. The molecule has 1 aromatic rings. The second kappa shape index (κ2) is 8.64. The molecule has 3 nitrogen and oxygen atoms in total. The third-order valence-corrected chi connectivity index (χ3v) is 7.70. The van der Waals surface area contributed by atoms with E-state index in [0.717, 1.165) is 31.0 Å². The van der Waals surface area contributed by atoms with Crippen LogP contribution in [0.5, 0.6) is 0 Å². The first kappa shape index (κ1) is 25.0. The molecule has 0 amide bonds.